The van der Waals surface area contributed by atoms with E-state index in [1.165, 1.54) is 0 Å². The van der Waals surface area contributed by atoms with Crippen LogP contribution in [0.1, 0.15) is 21.6 Å². The Hall–Kier alpha value is -2.27. The van der Waals surface area contributed by atoms with Gasteiger partial charge in [0.1, 0.15) is 11.4 Å². The molecule has 2 aromatic carbocycles. The lowest BCUT2D eigenvalue weighted by molar-refractivity contribution is 0.0942. The molecule has 0 aliphatic heterocycles. The van der Waals surface area contributed by atoms with Crippen LogP contribution in [0.4, 0.5) is 0 Å². The van der Waals surface area contributed by atoms with Gasteiger partial charge in [-0.05, 0) is 46.1 Å². The summed E-state index contributed by atoms with van der Waals surface area (Å²) in [7, 11) is 3.55. The highest BCUT2D eigenvalue weighted by Crippen LogP contribution is 2.30. The van der Waals surface area contributed by atoms with Gasteiger partial charge in [0.05, 0.1) is 11.6 Å². The summed E-state index contributed by atoms with van der Waals surface area (Å²) in [5.41, 5.74) is 3.71. The zero-order valence-electron chi connectivity index (χ0n) is 13.9. The fraction of sp³-hybridized carbons (Fsp3) is 0.211. The van der Waals surface area contributed by atoms with Crippen LogP contribution in [0, 0.1) is 6.92 Å². The van der Waals surface area contributed by atoms with Crippen molar-refractivity contribution in [3.05, 3.63) is 63.8 Å². The number of rotatable bonds is 4. The molecule has 1 amide bonds. The second-order valence-corrected chi connectivity index (χ2v) is 6.52. The molecule has 0 spiro atoms. The Morgan fingerprint density at radius 2 is 2.00 bits per heavy atom. The summed E-state index contributed by atoms with van der Waals surface area (Å²) in [5.74, 6) is 0.715. The van der Waals surface area contributed by atoms with Crippen LogP contribution in [-0.2, 0) is 13.6 Å². The first-order valence-corrected chi connectivity index (χ1v) is 8.47. The smallest absolute Gasteiger partial charge is 0.269 e. The molecule has 24 heavy (non-hydrogen) atoms. The number of nitrogens with one attached hydrogen (secondary N) is 1. The molecule has 1 N–H and O–H groups in total. The number of carbonyl (C=O) groups excluding carboxylic acids is 1. The predicted molar refractivity (Wildman–Crippen MR) is 99.5 cm³/mol. The number of aromatic nitrogens is 1. The van der Waals surface area contributed by atoms with Crippen molar-refractivity contribution in [1.82, 2.24) is 9.88 Å². The van der Waals surface area contributed by atoms with Crippen LogP contribution in [-0.4, -0.2) is 17.6 Å². The quantitative estimate of drug-likeness (QED) is 0.730. The van der Waals surface area contributed by atoms with E-state index in [1.807, 2.05) is 61.0 Å². The van der Waals surface area contributed by atoms with Crippen molar-refractivity contribution in [2.45, 2.75) is 13.5 Å². The van der Waals surface area contributed by atoms with Crippen LogP contribution in [0.15, 0.2) is 46.9 Å². The van der Waals surface area contributed by atoms with E-state index < -0.39 is 0 Å². The van der Waals surface area contributed by atoms with Crippen molar-refractivity contribution in [3.63, 3.8) is 0 Å². The summed E-state index contributed by atoms with van der Waals surface area (Å²) in [5, 5.41) is 4.01. The van der Waals surface area contributed by atoms with E-state index in [0.717, 1.165) is 32.3 Å². The maximum Gasteiger partial charge on any atom is 0.269 e. The van der Waals surface area contributed by atoms with E-state index in [0.29, 0.717) is 12.2 Å². The topological polar surface area (TPSA) is 43.3 Å². The second-order valence-electron chi connectivity index (χ2n) is 5.73. The van der Waals surface area contributed by atoms with Crippen molar-refractivity contribution in [1.29, 1.82) is 0 Å². The summed E-state index contributed by atoms with van der Waals surface area (Å²) in [6.45, 7) is 2.44. The van der Waals surface area contributed by atoms with E-state index in [2.05, 4.69) is 21.2 Å². The van der Waals surface area contributed by atoms with Crippen LogP contribution in [0.5, 0.6) is 5.75 Å². The first-order chi connectivity index (χ1) is 11.5. The number of para-hydroxylation sites is 1. The van der Waals surface area contributed by atoms with Crippen LogP contribution in [0.2, 0.25) is 0 Å². The molecule has 0 aliphatic carbocycles. The highest BCUT2D eigenvalue weighted by atomic mass is 79.9. The van der Waals surface area contributed by atoms with Crippen molar-refractivity contribution >= 4 is 32.7 Å². The van der Waals surface area contributed by atoms with Gasteiger partial charge < -0.3 is 14.6 Å². The molecule has 1 heterocycles. The van der Waals surface area contributed by atoms with Gasteiger partial charge in [0.2, 0.25) is 0 Å². The lowest BCUT2D eigenvalue weighted by Crippen LogP contribution is -2.25. The fourth-order valence-electron chi connectivity index (χ4n) is 2.84. The molecule has 3 aromatic rings. The molecule has 3 rings (SSSR count). The highest BCUT2D eigenvalue weighted by Gasteiger charge is 2.19. The number of carbonyl (C=O) groups is 1. The number of methoxy groups -OCH3 is 1. The lowest BCUT2D eigenvalue weighted by Gasteiger charge is -2.10. The second kappa shape index (κ2) is 6.69. The van der Waals surface area contributed by atoms with Gasteiger partial charge in [0.15, 0.2) is 0 Å². The minimum absolute atomic E-state index is 0.111. The van der Waals surface area contributed by atoms with Gasteiger partial charge in [-0.1, -0.05) is 30.3 Å². The number of nitrogens with zero attached hydrogens (tertiary/aromatic N) is 1. The number of benzene rings is 2. The fourth-order valence-corrected chi connectivity index (χ4v) is 3.62. The number of hydrogen-bond donors (Lipinski definition) is 1. The van der Waals surface area contributed by atoms with E-state index in [1.54, 1.807) is 7.11 Å². The minimum atomic E-state index is -0.111. The summed E-state index contributed by atoms with van der Waals surface area (Å²) in [6, 6.07) is 13.9. The van der Waals surface area contributed by atoms with Crippen LogP contribution >= 0.6 is 15.9 Å². The van der Waals surface area contributed by atoms with E-state index in [4.69, 9.17) is 4.74 Å². The van der Waals surface area contributed by atoms with Crippen LogP contribution < -0.4 is 10.1 Å². The number of hydrogen-bond acceptors (Lipinski definition) is 2. The van der Waals surface area contributed by atoms with Crippen LogP contribution in [0.3, 0.4) is 0 Å². The maximum atomic E-state index is 12.7. The van der Waals surface area contributed by atoms with Gasteiger partial charge in [-0.15, -0.1) is 0 Å². The van der Waals surface area contributed by atoms with Gasteiger partial charge in [-0.25, -0.2) is 0 Å². The molecule has 5 heteroatoms. The molecular formula is C19H19BrN2O2. The summed E-state index contributed by atoms with van der Waals surface area (Å²) < 4.78 is 8.06. The maximum absolute atomic E-state index is 12.7. The summed E-state index contributed by atoms with van der Waals surface area (Å²) >= 11 is 3.56. The number of halogens is 1. The molecule has 0 aliphatic rings. The first-order valence-electron chi connectivity index (χ1n) is 7.67. The molecule has 0 bridgehead atoms. The van der Waals surface area contributed by atoms with E-state index in [-0.39, 0.29) is 5.91 Å². The Kier molecular flexibility index (Phi) is 4.62. The van der Waals surface area contributed by atoms with Gasteiger partial charge in [-0.3, -0.25) is 4.79 Å². The van der Waals surface area contributed by atoms with Crippen LogP contribution in [0.25, 0.3) is 10.9 Å². The predicted octanol–water partition coefficient (Wildman–Crippen LogP) is 4.19. The van der Waals surface area contributed by atoms with Gasteiger partial charge in [0.25, 0.3) is 5.91 Å². The Bertz CT molecular complexity index is 876. The number of aryl methyl sites for hydroxylation is 2. The molecule has 0 radical (unpaired) electrons. The summed E-state index contributed by atoms with van der Waals surface area (Å²) in [6.07, 6.45) is 0. The Balaban J connectivity index is 1.83. The number of fused-ring (bicyclic) bond motifs is 1. The zero-order valence-corrected chi connectivity index (χ0v) is 15.5. The Morgan fingerprint density at radius 3 is 2.71 bits per heavy atom. The first kappa shape index (κ1) is 16.6. The molecule has 0 atom stereocenters. The Labute approximate surface area is 149 Å². The molecule has 0 saturated heterocycles. The molecule has 1 aromatic heterocycles. The minimum Gasteiger partial charge on any atom is -0.496 e. The standard InChI is InChI=1S/C19H19BrN2O2/c1-12-8-9-13(10-16(12)24-3)11-21-19(23)18-17(20)14-6-4-5-7-15(14)22(18)2/h4-10H,11H2,1-3H3,(H,21,23). The summed E-state index contributed by atoms with van der Waals surface area (Å²) in [4.78, 5) is 12.7. The number of amides is 1. The van der Waals surface area contributed by atoms with Crippen molar-refractivity contribution < 1.29 is 9.53 Å². The van der Waals surface area contributed by atoms with Gasteiger partial charge in [0, 0.05) is 24.5 Å². The van der Waals surface area contributed by atoms with Crippen molar-refractivity contribution in [2.75, 3.05) is 7.11 Å². The van der Waals surface area contributed by atoms with Crippen molar-refractivity contribution in [3.8, 4) is 5.75 Å². The molecule has 0 unspecified atom stereocenters. The zero-order chi connectivity index (χ0) is 17.3. The molecular weight excluding hydrogens is 368 g/mol. The largest absolute Gasteiger partial charge is 0.496 e. The Morgan fingerprint density at radius 1 is 1.25 bits per heavy atom. The SMILES string of the molecule is COc1cc(CNC(=O)c2c(Br)c3ccccc3n2C)ccc1C. The highest BCUT2D eigenvalue weighted by molar-refractivity contribution is 9.10. The lowest BCUT2D eigenvalue weighted by atomic mass is 10.1. The van der Waals surface area contributed by atoms with Gasteiger partial charge in [-0.2, -0.15) is 0 Å². The van der Waals surface area contributed by atoms with Crippen molar-refractivity contribution in [2.24, 2.45) is 7.05 Å². The third-order valence-corrected chi connectivity index (χ3v) is 4.99. The number of ether oxygens (including phenoxy) is 1. The molecule has 4 nitrogen and oxygen atoms in total. The van der Waals surface area contributed by atoms with Gasteiger partial charge >= 0.3 is 0 Å². The van der Waals surface area contributed by atoms with E-state index in [9.17, 15) is 4.79 Å². The normalized spacial score (nSPS) is 10.8. The van der Waals surface area contributed by atoms with E-state index >= 15 is 0 Å². The molecule has 124 valence electrons. The third-order valence-electron chi connectivity index (χ3n) is 4.19. The average Bonchev–Trinajstić information content (AvgIpc) is 2.85. The monoisotopic (exact) mass is 386 g/mol. The average molecular weight is 387 g/mol. The molecule has 0 fully saturated rings. The third kappa shape index (κ3) is 2.91. The molecule has 0 saturated carbocycles.